The third-order valence-electron chi connectivity index (χ3n) is 4.22. The summed E-state index contributed by atoms with van der Waals surface area (Å²) in [6.45, 7) is 0.650. The van der Waals surface area contributed by atoms with Crippen molar-refractivity contribution in [3.63, 3.8) is 0 Å². The highest BCUT2D eigenvalue weighted by molar-refractivity contribution is 5.67. The highest BCUT2D eigenvalue weighted by Gasteiger charge is 2.13. The molecule has 0 amide bonds. The van der Waals surface area contributed by atoms with Gasteiger partial charge in [-0.2, -0.15) is 0 Å². The molecule has 1 aromatic carbocycles. The van der Waals surface area contributed by atoms with E-state index in [0.717, 1.165) is 57.8 Å². The second-order valence-corrected chi connectivity index (χ2v) is 6.40. The molecule has 0 fully saturated rings. The number of nitrogens with one attached hydrogen (secondary N) is 1. The number of carboxylic acid groups (broad SMARTS) is 1. The molecule has 0 saturated carbocycles. The van der Waals surface area contributed by atoms with Gasteiger partial charge in [-0.05, 0) is 24.4 Å². The number of rotatable bonds is 15. The first-order chi connectivity index (χ1) is 13.0. The van der Waals surface area contributed by atoms with Crippen LogP contribution in [0.4, 0.5) is 17.1 Å². The lowest BCUT2D eigenvalue weighted by Crippen LogP contribution is -2.04. The van der Waals surface area contributed by atoms with Gasteiger partial charge in [0.2, 0.25) is 0 Å². The number of carbonyl (C=O) groups is 1. The van der Waals surface area contributed by atoms with Crippen LogP contribution in [0.15, 0.2) is 23.3 Å². The van der Waals surface area contributed by atoms with Crippen molar-refractivity contribution in [2.45, 2.75) is 64.2 Å². The largest absolute Gasteiger partial charge is 0.481 e. The first-order valence-corrected chi connectivity index (χ1v) is 9.34. The van der Waals surface area contributed by atoms with Crippen LogP contribution in [0, 0.1) is 10.1 Å². The fourth-order valence-electron chi connectivity index (χ4n) is 2.80. The molecule has 27 heavy (non-hydrogen) atoms. The van der Waals surface area contributed by atoms with Crippen LogP contribution in [0.5, 0.6) is 0 Å². The molecule has 0 heterocycles. The van der Waals surface area contributed by atoms with Gasteiger partial charge in [0, 0.05) is 29.6 Å². The van der Waals surface area contributed by atoms with Crippen LogP contribution in [0.2, 0.25) is 0 Å². The third-order valence-corrected chi connectivity index (χ3v) is 4.22. The van der Waals surface area contributed by atoms with E-state index in [0.29, 0.717) is 12.2 Å². The second-order valence-electron chi connectivity index (χ2n) is 6.40. The van der Waals surface area contributed by atoms with E-state index in [1.54, 1.807) is 12.1 Å². The van der Waals surface area contributed by atoms with E-state index in [4.69, 9.17) is 10.6 Å². The number of hydrogen-bond donors (Lipinski definition) is 2. The number of aliphatic carboxylic acids is 1. The number of nitrogens with zero attached hydrogens (tertiary/aromatic N) is 4. The Morgan fingerprint density at radius 1 is 1.11 bits per heavy atom. The number of nitro groups is 1. The molecule has 0 radical (unpaired) electrons. The molecule has 0 aliphatic heterocycles. The van der Waals surface area contributed by atoms with Crippen molar-refractivity contribution in [1.29, 1.82) is 0 Å². The molecule has 2 N–H and O–H groups in total. The molecular formula is C18H27N5O4. The van der Waals surface area contributed by atoms with E-state index in [2.05, 4.69) is 15.3 Å². The molecule has 0 unspecified atom stereocenters. The summed E-state index contributed by atoms with van der Waals surface area (Å²) in [5, 5.41) is 26.1. The number of azide groups is 1. The lowest BCUT2D eigenvalue weighted by Gasteiger charge is -2.07. The van der Waals surface area contributed by atoms with Crippen LogP contribution in [0.1, 0.15) is 64.2 Å². The standard InChI is InChI=1S/C18H27N5O4/c19-22-21-15-11-12-16(17(14-15)23(26)27)20-13-9-7-5-3-1-2-4-6-8-10-18(24)25/h11-12,14,20H,1-10,13H2,(H,24,25). The van der Waals surface area contributed by atoms with E-state index in [9.17, 15) is 14.9 Å². The number of anilines is 1. The molecular weight excluding hydrogens is 350 g/mol. The molecule has 9 nitrogen and oxygen atoms in total. The molecule has 9 heteroatoms. The molecule has 0 bridgehead atoms. The molecule has 0 aliphatic rings. The molecule has 0 spiro atoms. The van der Waals surface area contributed by atoms with Gasteiger partial charge in [-0.15, -0.1) is 0 Å². The van der Waals surface area contributed by atoms with Gasteiger partial charge in [0.25, 0.3) is 5.69 Å². The van der Waals surface area contributed by atoms with Crippen LogP contribution in [-0.4, -0.2) is 22.5 Å². The van der Waals surface area contributed by atoms with Crippen molar-refractivity contribution in [3.05, 3.63) is 38.8 Å². The fraction of sp³-hybridized carbons (Fsp3) is 0.611. The summed E-state index contributed by atoms with van der Waals surface area (Å²) in [5.41, 5.74) is 8.96. The third kappa shape index (κ3) is 10.1. The Morgan fingerprint density at radius 3 is 2.26 bits per heavy atom. The molecule has 1 aromatic rings. The first-order valence-electron chi connectivity index (χ1n) is 9.34. The Bertz CT molecular complexity index is 659. The van der Waals surface area contributed by atoms with Gasteiger partial charge >= 0.3 is 5.97 Å². The minimum absolute atomic E-state index is 0.0946. The van der Waals surface area contributed by atoms with Crippen LogP contribution in [-0.2, 0) is 4.79 Å². The zero-order chi connectivity index (χ0) is 19.9. The highest BCUT2D eigenvalue weighted by Crippen LogP contribution is 2.29. The van der Waals surface area contributed by atoms with E-state index >= 15 is 0 Å². The average Bonchev–Trinajstić information content (AvgIpc) is 2.63. The van der Waals surface area contributed by atoms with Crippen LogP contribution >= 0.6 is 0 Å². The van der Waals surface area contributed by atoms with Gasteiger partial charge in [-0.25, -0.2) is 0 Å². The van der Waals surface area contributed by atoms with Crippen molar-refractivity contribution < 1.29 is 14.8 Å². The monoisotopic (exact) mass is 377 g/mol. The Hall–Kier alpha value is -2.80. The second kappa shape index (κ2) is 13.4. The maximum absolute atomic E-state index is 11.1. The van der Waals surface area contributed by atoms with Crippen molar-refractivity contribution in [1.82, 2.24) is 0 Å². The van der Waals surface area contributed by atoms with Crippen LogP contribution in [0.25, 0.3) is 10.4 Å². The Kier molecular flexibility index (Phi) is 11.0. The first kappa shape index (κ1) is 22.2. The van der Waals surface area contributed by atoms with Crippen molar-refractivity contribution >= 4 is 23.0 Å². The topological polar surface area (TPSA) is 141 Å². The quantitative estimate of drug-likeness (QED) is 0.0972. The molecule has 0 aliphatic carbocycles. The minimum atomic E-state index is -0.722. The smallest absolute Gasteiger partial charge is 0.303 e. The van der Waals surface area contributed by atoms with E-state index < -0.39 is 10.9 Å². The lowest BCUT2D eigenvalue weighted by atomic mass is 10.1. The van der Waals surface area contributed by atoms with E-state index in [-0.39, 0.29) is 17.8 Å². The predicted octanol–water partition coefficient (Wildman–Crippen LogP) is 5.93. The summed E-state index contributed by atoms with van der Waals surface area (Å²) in [5.74, 6) is -0.722. The van der Waals surface area contributed by atoms with Gasteiger partial charge in [0.1, 0.15) is 5.69 Å². The Balaban J connectivity index is 2.14. The maximum Gasteiger partial charge on any atom is 0.303 e. The van der Waals surface area contributed by atoms with Gasteiger partial charge in [-0.3, -0.25) is 14.9 Å². The van der Waals surface area contributed by atoms with Gasteiger partial charge in [-0.1, -0.05) is 56.1 Å². The Morgan fingerprint density at radius 2 is 1.70 bits per heavy atom. The average molecular weight is 377 g/mol. The highest BCUT2D eigenvalue weighted by atomic mass is 16.6. The van der Waals surface area contributed by atoms with Crippen molar-refractivity contribution in [3.8, 4) is 0 Å². The SMILES string of the molecule is [N-]=[N+]=Nc1ccc(NCCCCCCCCCCCC(=O)O)c([N+](=O)[O-])c1. The normalized spacial score (nSPS) is 10.2. The number of nitro benzene ring substituents is 1. The summed E-state index contributed by atoms with van der Waals surface area (Å²) >= 11 is 0. The number of hydrogen-bond acceptors (Lipinski definition) is 5. The lowest BCUT2D eigenvalue weighted by molar-refractivity contribution is -0.383. The van der Waals surface area contributed by atoms with Gasteiger partial charge in [0.15, 0.2) is 0 Å². The summed E-state index contributed by atoms with van der Waals surface area (Å²) < 4.78 is 0. The molecule has 0 saturated heterocycles. The minimum Gasteiger partial charge on any atom is -0.481 e. The molecule has 1 rings (SSSR count). The van der Waals surface area contributed by atoms with Gasteiger partial charge in [0.05, 0.1) is 4.92 Å². The van der Waals surface area contributed by atoms with Crippen LogP contribution in [0.3, 0.4) is 0 Å². The number of carboxylic acids is 1. The zero-order valence-electron chi connectivity index (χ0n) is 15.5. The number of benzene rings is 1. The van der Waals surface area contributed by atoms with Crippen molar-refractivity contribution in [2.75, 3.05) is 11.9 Å². The fourth-order valence-corrected chi connectivity index (χ4v) is 2.80. The number of unbranched alkanes of at least 4 members (excludes halogenated alkanes) is 8. The van der Waals surface area contributed by atoms with E-state index in [1.807, 2.05) is 0 Å². The molecule has 0 aromatic heterocycles. The van der Waals surface area contributed by atoms with Gasteiger partial charge < -0.3 is 10.4 Å². The summed E-state index contributed by atoms with van der Waals surface area (Å²) in [7, 11) is 0. The predicted molar refractivity (Wildman–Crippen MR) is 104 cm³/mol. The van der Waals surface area contributed by atoms with Crippen LogP contribution < -0.4 is 5.32 Å². The summed E-state index contributed by atoms with van der Waals surface area (Å²) in [6.07, 6.45) is 9.64. The Labute approximate surface area is 158 Å². The van der Waals surface area contributed by atoms with E-state index in [1.165, 1.54) is 6.07 Å². The zero-order valence-corrected chi connectivity index (χ0v) is 15.5. The molecule has 148 valence electrons. The summed E-state index contributed by atoms with van der Waals surface area (Å²) in [4.78, 5) is 23.6. The summed E-state index contributed by atoms with van der Waals surface area (Å²) in [6, 6.07) is 4.37. The maximum atomic E-state index is 11.1. The van der Waals surface area contributed by atoms with Crippen molar-refractivity contribution in [2.24, 2.45) is 5.11 Å². The molecule has 0 atom stereocenters.